The van der Waals surface area contributed by atoms with E-state index in [2.05, 4.69) is 22.3 Å². The summed E-state index contributed by atoms with van der Waals surface area (Å²) in [4.78, 5) is 14.3. The lowest BCUT2D eigenvalue weighted by Crippen LogP contribution is -2.47. The van der Waals surface area contributed by atoms with Crippen LogP contribution in [0.4, 0.5) is 0 Å². The van der Waals surface area contributed by atoms with Crippen molar-refractivity contribution in [2.75, 3.05) is 19.6 Å². The van der Waals surface area contributed by atoms with Gasteiger partial charge in [0.15, 0.2) is 0 Å². The Bertz CT molecular complexity index is 394. The molecule has 1 aromatic carbocycles. The van der Waals surface area contributed by atoms with Gasteiger partial charge in [0.2, 0.25) is 5.91 Å². The van der Waals surface area contributed by atoms with E-state index < -0.39 is 0 Å². The predicted octanol–water partition coefficient (Wildman–Crippen LogP) is 1.12. The molecule has 1 aromatic rings. The van der Waals surface area contributed by atoms with Crippen LogP contribution >= 0.6 is 0 Å². The lowest BCUT2D eigenvalue weighted by atomic mass is 10.1. The lowest BCUT2D eigenvalue weighted by Gasteiger charge is -2.29. The molecule has 0 saturated carbocycles. The highest BCUT2D eigenvalue weighted by molar-refractivity contribution is 5.81. The Balaban J connectivity index is 2.07. The van der Waals surface area contributed by atoms with E-state index in [1.54, 1.807) is 0 Å². The van der Waals surface area contributed by atoms with Gasteiger partial charge in [-0.2, -0.15) is 0 Å². The summed E-state index contributed by atoms with van der Waals surface area (Å²) in [5, 5.41) is 3.00. The van der Waals surface area contributed by atoms with E-state index >= 15 is 0 Å². The van der Waals surface area contributed by atoms with Crippen LogP contribution in [0.5, 0.6) is 0 Å². The number of benzene rings is 1. The highest BCUT2D eigenvalue weighted by atomic mass is 16.2. The van der Waals surface area contributed by atoms with Crippen molar-refractivity contribution in [2.45, 2.75) is 31.8 Å². The minimum Gasteiger partial charge on any atom is -0.355 e. The molecule has 0 aliphatic carbocycles. The summed E-state index contributed by atoms with van der Waals surface area (Å²) >= 11 is 0. The summed E-state index contributed by atoms with van der Waals surface area (Å²) in [5.74, 6) is 0.155. The van der Waals surface area contributed by atoms with Crippen LogP contribution in [0.1, 0.15) is 24.8 Å². The number of nitrogens with one attached hydrogen (secondary N) is 1. The summed E-state index contributed by atoms with van der Waals surface area (Å²) in [6.45, 7) is 2.93. The van der Waals surface area contributed by atoms with E-state index in [0.717, 1.165) is 38.9 Å². The molecule has 1 amide bonds. The number of hydrogen-bond acceptors (Lipinski definition) is 3. The van der Waals surface area contributed by atoms with Crippen LogP contribution in [-0.2, 0) is 11.3 Å². The summed E-state index contributed by atoms with van der Waals surface area (Å²) in [6.07, 6.45) is 3.10. The Labute approximate surface area is 115 Å². The van der Waals surface area contributed by atoms with Crippen molar-refractivity contribution in [3.05, 3.63) is 35.9 Å². The monoisotopic (exact) mass is 261 g/mol. The Morgan fingerprint density at radius 1 is 1.26 bits per heavy atom. The second-order valence-electron chi connectivity index (χ2n) is 5.05. The van der Waals surface area contributed by atoms with Crippen molar-refractivity contribution < 1.29 is 4.79 Å². The average Bonchev–Trinajstić information content (AvgIpc) is 2.64. The van der Waals surface area contributed by atoms with Crippen molar-refractivity contribution >= 4 is 5.91 Å². The fourth-order valence-electron chi connectivity index (χ4n) is 2.60. The first-order valence-electron chi connectivity index (χ1n) is 7.07. The average molecular weight is 261 g/mol. The van der Waals surface area contributed by atoms with Gasteiger partial charge < -0.3 is 11.1 Å². The van der Waals surface area contributed by atoms with Crippen molar-refractivity contribution in [3.8, 4) is 0 Å². The van der Waals surface area contributed by atoms with Crippen molar-refractivity contribution in [1.29, 1.82) is 0 Å². The van der Waals surface area contributed by atoms with E-state index in [9.17, 15) is 4.79 Å². The van der Waals surface area contributed by atoms with Gasteiger partial charge in [-0.1, -0.05) is 30.3 Å². The van der Waals surface area contributed by atoms with Gasteiger partial charge in [0.25, 0.3) is 0 Å². The van der Waals surface area contributed by atoms with Crippen LogP contribution in [0, 0.1) is 0 Å². The standard InChI is InChI=1S/C15H23N3O/c16-9-11-18(12-13-6-2-1-3-7-13)14-8-4-5-10-17-15(14)19/h1-3,6-7,14H,4-5,8-12,16H2,(H,17,19). The van der Waals surface area contributed by atoms with Crippen LogP contribution in [0.2, 0.25) is 0 Å². The molecule has 19 heavy (non-hydrogen) atoms. The number of carbonyl (C=O) groups excluding carboxylic acids is 1. The third kappa shape index (κ3) is 4.04. The molecule has 1 saturated heterocycles. The molecule has 1 atom stereocenters. The highest BCUT2D eigenvalue weighted by Crippen LogP contribution is 2.15. The topological polar surface area (TPSA) is 58.4 Å². The smallest absolute Gasteiger partial charge is 0.237 e. The lowest BCUT2D eigenvalue weighted by molar-refractivity contribution is -0.126. The van der Waals surface area contributed by atoms with Crippen LogP contribution in [0.3, 0.4) is 0 Å². The van der Waals surface area contributed by atoms with Gasteiger partial charge in [0.05, 0.1) is 6.04 Å². The van der Waals surface area contributed by atoms with E-state index in [4.69, 9.17) is 5.73 Å². The van der Waals surface area contributed by atoms with E-state index in [0.29, 0.717) is 6.54 Å². The Morgan fingerprint density at radius 2 is 2.05 bits per heavy atom. The van der Waals surface area contributed by atoms with Gasteiger partial charge in [-0.3, -0.25) is 9.69 Å². The maximum Gasteiger partial charge on any atom is 0.237 e. The quantitative estimate of drug-likeness (QED) is 0.835. The second kappa shape index (κ2) is 7.26. The number of hydrogen-bond donors (Lipinski definition) is 2. The zero-order valence-corrected chi connectivity index (χ0v) is 11.3. The molecule has 0 aromatic heterocycles. The molecule has 0 radical (unpaired) electrons. The zero-order valence-electron chi connectivity index (χ0n) is 11.3. The molecular formula is C15H23N3O. The van der Waals surface area contributed by atoms with E-state index in [1.807, 2.05) is 18.2 Å². The van der Waals surface area contributed by atoms with Crippen LogP contribution in [0.25, 0.3) is 0 Å². The Morgan fingerprint density at radius 3 is 2.79 bits per heavy atom. The SMILES string of the molecule is NCCN(Cc1ccccc1)C1CCCCNC1=O. The van der Waals surface area contributed by atoms with Crippen LogP contribution < -0.4 is 11.1 Å². The first-order valence-corrected chi connectivity index (χ1v) is 7.07. The van der Waals surface area contributed by atoms with Gasteiger partial charge >= 0.3 is 0 Å². The summed E-state index contributed by atoms with van der Waals surface area (Å²) < 4.78 is 0. The molecule has 0 bridgehead atoms. The number of nitrogens with two attached hydrogens (primary N) is 1. The highest BCUT2D eigenvalue weighted by Gasteiger charge is 2.26. The summed E-state index contributed by atoms with van der Waals surface area (Å²) in [7, 11) is 0. The third-order valence-electron chi connectivity index (χ3n) is 3.59. The van der Waals surface area contributed by atoms with Gasteiger partial charge in [0, 0.05) is 26.2 Å². The Kier molecular flexibility index (Phi) is 5.36. The minimum atomic E-state index is -0.0359. The fourth-order valence-corrected chi connectivity index (χ4v) is 2.60. The van der Waals surface area contributed by atoms with Crippen molar-refractivity contribution in [1.82, 2.24) is 10.2 Å². The summed E-state index contributed by atoms with van der Waals surface area (Å²) in [6, 6.07) is 10.2. The molecule has 1 unspecified atom stereocenters. The normalized spacial score (nSPS) is 20.1. The molecule has 4 heteroatoms. The van der Waals surface area contributed by atoms with Crippen LogP contribution in [0.15, 0.2) is 30.3 Å². The molecule has 3 N–H and O–H groups in total. The number of rotatable bonds is 5. The fraction of sp³-hybridized carbons (Fsp3) is 0.533. The molecule has 0 spiro atoms. The Hall–Kier alpha value is -1.39. The molecule has 1 aliphatic heterocycles. The first-order chi connectivity index (χ1) is 9.31. The number of carbonyl (C=O) groups is 1. The predicted molar refractivity (Wildman–Crippen MR) is 76.6 cm³/mol. The number of amides is 1. The maximum absolute atomic E-state index is 12.1. The van der Waals surface area contributed by atoms with E-state index in [1.165, 1.54) is 5.56 Å². The molecular weight excluding hydrogens is 238 g/mol. The van der Waals surface area contributed by atoms with Crippen molar-refractivity contribution in [3.63, 3.8) is 0 Å². The van der Waals surface area contributed by atoms with Crippen LogP contribution in [-0.4, -0.2) is 36.5 Å². The zero-order chi connectivity index (χ0) is 13.5. The first kappa shape index (κ1) is 14.0. The second-order valence-corrected chi connectivity index (χ2v) is 5.05. The molecule has 1 aliphatic rings. The van der Waals surface area contributed by atoms with Gasteiger partial charge in [-0.25, -0.2) is 0 Å². The molecule has 104 valence electrons. The maximum atomic E-state index is 12.1. The van der Waals surface area contributed by atoms with Gasteiger partial charge in [-0.05, 0) is 24.8 Å². The van der Waals surface area contributed by atoms with Gasteiger partial charge in [-0.15, -0.1) is 0 Å². The largest absolute Gasteiger partial charge is 0.355 e. The molecule has 1 fully saturated rings. The summed E-state index contributed by atoms with van der Waals surface area (Å²) in [5.41, 5.74) is 6.93. The van der Waals surface area contributed by atoms with Crippen molar-refractivity contribution in [2.24, 2.45) is 5.73 Å². The van der Waals surface area contributed by atoms with E-state index in [-0.39, 0.29) is 11.9 Å². The van der Waals surface area contributed by atoms with Gasteiger partial charge in [0.1, 0.15) is 0 Å². The third-order valence-corrected chi connectivity index (χ3v) is 3.59. The molecule has 2 rings (SSSR count). The molecule has 4 nitrogen and oxygen atoms in total. The molecule has 1 heterocycles. The minimum absolute atomic E-state index is 0.0359. The number of nitrogens with zero attached hydrogens (tertiary/aromatic N) is 1.